The second-order valence-electron chi connectivity index (χ2n) is 20.0. The summed E-state index contributed by atoms with van der Waals surface area (Å²) in [7, 11) is 0. The Morgan fingerprint density at radius 2 is 1.55 bits per heavy atom. The lowest BCUT2D eigenvalue weighted by molar-refractivity contribution is -0.137. The molecule has 6 aromatic carbocycles. The molecule has 1 saturated carbocycles. The summed E-state index contributed by atoms with van der Waals surface area (Å²) in [6.45, 7) is 6.87. The van der Waals surface area contributed by atoms with Gasteiger partial charge < -0.3 is 4.74 Å². The summed E-state index contributed by atoms with van der Waals surface area (Å²) in [6.07, 6.45) is 7.06. The highest BCUT2D eigenvalue weighted by Crippen LogP contribution is 2.51. The van der Waals surface area contributed by atoms with Crippen LogP contribution in [0.2, 0.25) is 0 Å². The predicted octanol–water partition coefficient (Wildman–Crippen LogP) is 15.0. The predicted molar refractivity (Wildman–Crippen MR) is 262 cm³/mol. The van der Waals surface area contributed by atoms with Crippen molar-refractivity contribution < 1.29 is 32.3 Å². The molecule has 0 spiro atoms. The maximum absolute atomic E-state index is 14.2. The van der Waals surface area contributed by atoms with Crippen molar-refractivity contribution in [1.82, 2.24) is 0 Å². The zero-order valence-electron chi connectivity index (χ0n) is 39.1. The van der Waals surface area contributed by atoms with E-state index in [1.54, 1.807) is 6.07 Å². The number of ether oxygens (including phenoxy) is 1. The summed E-state index contributed by atoms with van der Waals surface area (Å²) in [5, 5.41) is 2.54. The minimum atomic E-state index is -4.43. The lowest BCUT2D eigenvalue weighted by atomic mass is 9.62. The molecule has 346 valence electrons. The third kappa shape index (κ3) is 10.4. The van der Waals surface area contributed by atoms with E-state index in [0.29, 0.717) is 60.8 Å². The van der Waals surface area contributed by atoms with Gasteiger partial charge >= 0.3 is 12.1 Å². The quantitative estimate of drug-likeness (QED) is 0.0761. The van der Waals surface area contributed by atoms with Crippen molar-refractivity contribution >= 4 is 28.3 Å². The maximum Gasteiger partial charge on any atom is 0.416 e. The number of ketones is 2. The number of halogens is 3. The number of carbonyl (C=O) groups is 3. The Kier molecular flexibility index (Phi) is 13.7. The van der Waals surface area contributed by atoms with Gasteiger partial charge in [0.25, 0.3) is 0 Å². The van der Waals surface area contributed by atoms with Crippen LogP contribution in [0.3, 0.4) is 0 Å². The summed E-state index contributed by atoms with van der Waals surface area (Å²) < 4.78 is 46.4. The third-order valence-corrected chi connectivity index (χ3v) is 15.0. The minimum absolute atomic E-state index is 0.148. The van der Waals surface area contributed by atoms with Crippen molar-refractivity contribution in [2.24, 2.45) is 11.8 Å². The molecule has 0 amide bonds. The van der Waals surface area contributed by atoms with Crippen molar-refractivity contribution in [2.45, 2.75) is 129 Å². The van der Waals surface area contributed by atoms with Crippen LogP contribution in [-0.4, -0.2) is 24.1 Å². The first-order valence-corrected chi connectivity index (χ1v) is 24.6. The molecule has 1 fully saturated rings. The van der Waals surface area contributed by atoms with Gasteiger partial charge in [0.05, 0.1) is 17.7 Å². The molecule has 67 heavy (non-hydrogen) atoms. The van der Waals surface area contributed by atoms with Crippen molar-refractivity contribution in [2.75, 3.05) is 6.61 Å². The fourth-order valence-electron chi connectivity index (χ4n) is 11.5. The Morgan fingerprint density at radius 1 is 0.746 bits per heavy atom. The minimum Gasteiger partial charge on any atom is -0.462 e. The van der Waals surface area contributed by atoms with Crippen molar-refractivity contribution in [1.29, 1.82) is 0 Å². The van der Waals surface area contributed by atoms with E-state index in [9.17, 15) is 27.6 Å². The van der Waals surface area contributed by atoms with Crippen LogP contribution in [0.1, 0.15) is 143 Å². The molecule has 3 aliphatic carbocycles. The number of unbranched alkanes of at least 4 members (excludes halogenated alkanes) is 2. The van der Waals surface area contributed by atoms with Crippen molar-refractivity contribution in [3.05, 3.63) is 165 Å². The highest BCUT2D eigenvalue weighted by molar-refractivity contribution is 6.01. The maximum atomic E-state index is 14.2. The summed E-state index contributed by atoms with van der Waals surface area (Å²) in [5.74, 6) is 1.02. The number of alkyl halides is 3. The summed E-state index contributed by atoms with van der Waals surface area (Å²) in [6, 6.07) is 34.4. The van der Waals surface area contributed by atoms with Gasteiger partial charge in [0.15, 0.2) is 0 Å². The Morgan fingerprint density at radius 3 is 2.36 bits per heavy atom. The van der Waals surface area contributed by atoms with Gasteiger partial charge in [0.1, 0.15) is 11.6 Å². The molecular weight excluding hydrogens is 842 g/mol. The van der Waals surface area contributed by atoms with Crippen LogP contribution in [-0.2, 0) is 46.2 Å². The summed E-state index contributed by atoms with van der Waals surface area (Å²) >= 11 is 0. The van der Waals surface area contributed by atoms with Gasteiger partial charge in [-0.2, -0.15) is 13.2 Å². The number of fused-ring (bicyclic) bond motifs is 6. The van der Waals surface area contributed by atoms with Crippen molar-refractivity contribution in [3.8, 4) is 22.3 Å². The molecule has 0 aliphatic heterocycles. The van der Waals surface area contributed by atoms with E-state index in [1.165, 1.54) is 62.7 Å². The van der Waals surface area contributed by atoms with E-state index in [4.69, 9.17) is 4.74 Å². The number of rotatable bonds is 15. The molecular formula is C60H61F3O4. The van der Waals surface area contributed by atoms with E-state index in [-0.39, 0.29) is 35.8 Å². The van der Waals surface area contributed by atoms with Crippen LogP contribution in [0.25, 0.3) is 33.0 Å². The lowest BCUT2D eigenvalue weighted by Gasteiger charge is -2.41. The zero-order chi connectivity index (χ0) is 46.8. The normalized spacial score (nSPS) is 18.8. The average molecular weight is 903 g/mol. The van der Waals surface area contributed by atoms with Crippen LogP contribution in [0, 0.1) is 25.7 Å². The second-order valence-corrected chi connectivity index (χ2v) is 20.0. The molecule has 2 bridgehead atoms. The molecule has 0 heterocycles. The SMILES string of the molecule is Cc1ccc2c(-c3ccc(C(=O)OCCCCCC(=O)CCc4ccc(CC(=O)C5c6cc(-c7cccc(C(F)(F)F)c7)ccc6C6CCC[C@H]5C6)cc4)cc3C)c3c(cc2c1)CC(C)CC3. The zero-order valence-corrected chi connectivity index (χ0v) is 39.1. The second kappa shape index (κ2) is 19.8. The topological polar surface area (TPSA) is 60.4 Å². The Labute approximate surface area is 393 Å². The number of benzene rings is 6. The van der Waals surface area contributed by atoms with E-state index in [2.05, 4.69) is 51.1 Å². The van der Waals surface area contributed by atoms with Crippen LogP contribution < -0.4 is 0 Å². The van der Waals surface area contributed by atoms with Gasteiger partial charge in [-0.05, 0) is 192 Å². The molecule has 7 heteroatoms. The first-order valence-electron chi connectivity index (χ1n) is 24.6. The van der Waals surface area contributed by atoms with Gasteiger partial charge in [-0.25, -0.2) is 4.79 Å². The van der Waals surface area contributed by atoms with E-state index in [0.717, 1.165) is 79.7 Å². The molecule has 4 nitrogen and oxygen atoms in total. The Hall–Kier alpha value is -5.82. The first kappa shape index (κ1) is 46.3. The van der Waals surface area contributed by atoms with E-state index < -0.39 is 11.7 Å². The number of hydrogen-bond acceptors (Lipinski definition) is 4. The smallest absolute Gasteiger partial charge is 0.416 e. The molecule has 0 radical (unpaired) electrons. The molecule has 3 aliphatic rings. The van der Waals surface area contributed by atoms with Gasteiger partial charge in [0, 0.05) is 25.2 Å². The van der Waals surface area contributed by atoms with Gasteiger partial charge in [-0.15, -0.1) is 0 Å². The van der Waals surface area contributed by atoms with E-state index >= 15 is 0 Å². The lowest BCUT2D eigenvalue weighted by Crippen LogP contribution is -2.33. The van der Waals surface area contributed by atoms with Crippen LogP contribution in [0.15, 0.2) is 109 Å². The average Bonchev–Trinajstić information content (AvgIpc) is 3.31. The molecule has 4 atom stereocenters. The number of Topliss-reactive ketones (excluding diaryl/α,β-unsaturated/α-hetero) is 2. The number of carbonyl (C=O) groups excluding carboxylic acids is 3. The fourth-order valence-corrected chi connectivity index (χ4v) is 11.5. The molecule has 3 unspecified atom stereocenters. The van der Waals surface area contributed by atoms with Crippen LogP contribution >= 0.6 is 0 Å². The molecule has 6 aromatic rings. The standard InChI is InChI=1S/C60H61F3O4/c1-37-14-24-53-47(29-37)34-48-30-38(2)15-25-54(48)58(53)51-26-22-46(31-39(51)3)59(66)67-28-6-4-5-13-50(64)23-20-40-16-18-41(19-17-40)32-56(65)57-45-11-7-10-44(33-45)52-27-21-43(36-55(52)57)42-9-8-12-49(35-42)60(61,62)63/h8-9,12,14,16-19,21-22,24,26-27,29,31,34-36,38,44-45,57H,4-7,10-11,13,15,20,23,25,28,30,32-33H2,1-3H3/t38?,44?,45-,57?/m0/s1. The van der Waals surface area contributed by atoms with Gasteiger partial charge in [0.2, 0.25) is 0 Å². The van der Waals surface area contributed by atoms with Gasteiger partial charge in [-0.1, -0.05) is 104 Å². The summed E-state index contributed by atoms with van der Waals surface area (Å²) in [5.41, 5.74) is 12.9. The number of aryl methyl sites for hydroxylation is 3. The molecule has 9 rings (SSSR count). The Bertz CT molecular complexity index is 2820. The van der Waals surface area contributed by atoms with Crippen LogP contribution in [0.4, 0.5) is 13.2 Å². The molecule has 0 N–H and O–H groups in total. The molecule has 0 saturated heterocycles. The third-order valence-electron chi connectivity index (χ3n) is 15.0. The molecule has 0 aromatic heterocycles. The van der Waals surface area contributed by atoms with Crippen molar-refractivity contribution in [3.63, 3.8) is 0 Å². The number of esters is 1. The highest BCUT2D eigenvalue weighted by Gasteiger charge is 2.41. The van der Waals surface area contributed by atoms with E-state index in [1.807, 2.05) is 54.6 Å². The van der Waals surface area contributed by atoms with Crippen LogP contribution in [0.5, 0.6) is 0 Å². The first-order chi connectivity index (χ1) is 32.3. The summed E-state index contributed by atoms with van der Waals surface area (Å²) in [4.78, 5) is 40.1. The monoisotopic (exact) mass is 902 g/mol. The Balaban J connectivity index is 0.732. The fraction of sp³-hybridized carbons (Fsp3) is 0.383. The van der Waals surface area contributed by atoms with Gasteiger partial charge in [-0.3, -0.25) is 9.59 Å². The number of hydrogen-bond donors (Lipinski definition) is 0. The largest absolute Gasteiger partial charge is 0.462 e. The highest BCUT2D eigenvalue weighted by atomic mass is 19.4.